The Bertz CT molecular complexity index is 1220. The van der Waals surface area contributed by atoms with Gasteiger partial charge in [0.2, 0.25) is 15.2 Å². The summed E-state index contributed by atoms with van der Waals surface area (Å²) in [6.07, 6.45) is 2.34. The van der Waals surface area contributed by atoms with Crippen LogP contribution in [0.5, 0.6) is 0 Å². The Morgan fingerprint density at radius 1 is 1.17 bits per heavy atom. The summed E-state index contributed by atoms with van der Waals surface area (Å²) in [5, 5.41) is 7.49. The lowest BCUT2D eigenvalue weighted by Gasteiger charge is -2.07. The lowest BCUT2D eigenvalue weighted by molar-refractivity contribution is 0.0981. The van der Waals surface area contributed by atoms with E-state index in [2.05, 4.69) is 15.5 Å². The monoisotopic (exact) mass is 482 g/mol. The fourth-order valence-corrected chi connectivity index (χ4v) is 4.16. The van der Waals surface area contributed by atoms with Gasteiger partial charge in [0.1, 0.15) is 0 Å². The molecule has 0 fully saturated rings. The molecule has 3 rings (SSSR count). The second-order valence-corrected chi connectivity index (χ2v) is 9.84. The van der Waals surface area contributed by atoms with Crippen molar-refractivity contribution in [3.8, 4) is 11.3 Å². The maximum absolute atomic E-state index is 12.3. The van der Waals surface area contributed by atoms with Gasteiger partial charge in [0.25, 0.3) is 5.91 Å². The van der Waals surface area contributed by atoms with E-state index in [0.717, 1.165) is 17.4 Å². The minimum absolute atomic E-state index is 0.194. The van der Waals surface area contributed by atoms with Crippen LogP contribution in [0, 0.1) is 6.92 Å². The molecule has 2 N–H and O–H groups in total. The number of aryl methyl sites for hydroxylation is 1. The molecule has 3 aromatic rings. The Morgan fingerprint density at radius 3 is 2.53 bits per heavy atom. The highest BCUT2D eigenvalue weighted by molar-refractivity contribution is 7.89. The molecule has 11 heteroatoms. The topological polar surface area (TPSA) is 101 Å². The number of benzene rings is 2. The molecule has 2 aromatic carbocycles. The van der Waals surface area contributed by atoms with E-state index in [9.17, 15) is 13.2 Å². The van der Waals surface area contributed by atoms with E-state index < -0.39 is 15.9 Å². The molecule has 1 amide bonds. The van der Waals surface area contributed by atoms with Gasteiger partial charge in [0.15, 0.2) is 0 Å². The predicted octanol–water partition coefficient (Wildman–Crippen LogP) is 4.56. The third-order valence-electron chi connectivity index (χ3n) is 3.76. The SMILES string of the molecule is Cc1ccc(C=NNc2nc(-c3cc(Cl)cc(Cl)c3)cs2)c(C(=O)NS(C)(=O)=O)c1. The second-order valence-electron chi connectivity index (χ2n) is 6.36. The summed E-state index contributed by atoms with van der Waals surface area (Å²) >= 11 is 13.4. The number of carbonyl (C=O) groups excluding carboxylic acids is 1. The minimum atomic E-state index is -3.68. The Kier molecular flexibility index (Phi) is 6.77. The highest BCUT2D eigenvalue weighted by Gasteiger charge is 2.15. The molecule has 0 saturated carbocycles. The summed E-state index contributed by atoms with van der Waals surface area (Å²) in [6.45, 7) is 1.80. The minimum Gasteiger partial charge on any atom is -0.268 e. The zero-order chi connectivity index (χ0) is 21.9. The largest absolute Gasteiger partial charge is 0.268 e. The van der Waals surface area contributed by atoms with Crippen molar-refractivity contribution in [2.45, 2.75) is 6.92 Å². The standard InChI is InChI=1S/C19H16Cl2N4O3S2/c1-11-3-4-12(16(5-11)18(26)25-30(2,27)28)9-22-24-19-23-17(10-29-19)13-6-14(20)8-15(21)7-13/h3-10H,1-2H3,(H,23,24)(H,25,26). The van der Waals surface area contributed by atoms with Crippen molar-refractivity contribution in [2.75, 3.05) is 11.7 Å². The first kappa shape index (κ1) is 22.2. The number of anilines is 1. The summed E-state index contributed by atoms with van der Waals surface area (Å²) in [7, 11) is -3.68. The van der Waals surface area contributed by atoms with Gasteiger partial charge >= 0.3 is 0 Å². The van der Waals surface area contributed by atoms with Crippen LogP contribution in [0.3, 0.4) is 0 Å². The highest BCUT2D eigenvalue weighted by atomic mass is 35.5. The Balaban J connectivity index is 1.78. The van der Waals surface area contributed by atoms with Crippen molar-refractivity contribution < 1.29 is 13.2 Å². The number of carbonyl (C=O) groups is 1. The van der Waals surface area contributed by atoms with Crippen LogP contribution in [0.1, 0.15) is 21.5 Å². The van der Waals surface area contributed by atoms with Crippen molar-refractivity contribution in [2.24, 2.45) is 5.10 Å². The number of amides is 1. The summed E-state index contributed by atoms with van der Waals surface area (Å²) in [4.78, 5) is 16.7. The molecule has 0 saturated heterocycles. The first-order chi connectivity index (χ1) is 14.1. The van der Waals surface area contributed by atoms with Gasteiger partial charge in [-0.15, -0.1) is 11.3 Å². The van der Waals surface area contributed by atoms with Crippen LogP contribution in [0.15, 0.2) is 46.9 Å². The van der Waals surface area contributed by atoms with Gasteiger partial charge in [0, 0.05) is 32.1 Å². The van der Waals surface area contributed by atoms with Crippen LogP contribution in [-0.4, -0.2) is 31.8 Å². The van der Waals surface area contributed by atoms with E-state index in [0.29, 0.717) is 26.4 Å². The fraction of sp³-hybridized carbons (Fsp3) is 0.105. The van der Waals surface area contributed by atoms with Gasteiger partial charge in [-0.05, 0) is 31.2 Å². The first-order valence-corrected chi connectivity index (χ1v) is 12.0. The first-order valence-electron chi connectivity index (χ1n) is 8.44. The van der Waals surface area contributed by atoms with Crippen molar-refractivity contribution in [1.82, 2.24) is 9.71 Å². The lowest BCUT2D eigenvalue weighted by atomic mass is 10.1. The fourth-order valence-electron chi connectivity index (χ4n) is 2.52. The molecule has 0 radical (unpaired) electrons. The van der Waals surface area contributed by atoms with Gasteiger partial charge in [-0.2, -0.15) is 5.10 Å². The van der Waals surface area contributed by atoms with E-state index in [1.54, 1.807) is 43.3 Å². The molecule has 0 bridgehead atoms. The van der Waals surface area contributed by atoms with Gasteiger partial charge in [-0.1, -0.05) is 40.9 Å². The number of rotatable bonds is 6. The van der Waals surface area contributed by atoms with Crippen LogP contribution in [0.2, 0.25) is 10.0 Å². The van der Waals surface area contributed by atoms with Gasteiger partial charge < -0.3 is 0 Å². The molecular formula is C19H16Cl2N4O3S2. The summed E-state index contributed by atoms with van der Waals surface area (Å²) in [5.74, 6) is -0.725. The molecule has 1 heterocycles. The van der Waals surface area contributed by atoms with Gasteiger partial charge in [0.05, 0.1) is 18.2 Å². The smallest absolute Gasteiger partial charge is 0.265 e. The molecule has 0 spiro atoms. The number of nitrogens with one attached hydrogen (secondary N) is 2. The number of hydrogen-bond donors (Lipinski definition) is 2. The lowest BCUT2D eigenvalue weighted by Crippen LogP contribution is -2.30. The molecule has 0 aliphatic rings. The Morgan fingerprint density at radius 2 is 1.87 bits per heavy atom. The second kappa shape index (κ2) is 9.13. The number of thiazole rings is 1. The number of sulfonamides is 1. The maximum Gasteiger partial charge on any atom is 0.265 e. The summed E-state index contributed by atoms with van der Waals surface area (Å²) in [5.41, 5.74) is 5.72. The molecule has 0 unspecified atom stereocenters. The number of hydrazone groups is 1. The van der Waals surface area contributed by atoms with E-state index in [1.807, 2.05) is 10.1 Å². The molecule has 1 aromatic heterocycles. The van der Waals surface area contributed by atoms with Crippen molar-refractivity contribution in [3.05, 3.63) is 68.5 Å². The molecule has 0 aliphatic carbocycles. The van der Waals surface area contributed by atoms with Crippen molar-refractivity contribution in [1.29, 1.82) is 0 Å². The average molecular weight is 483 g/mol. The van der Waals surface area contributed by atoms with E-state index >= 15 is 0 Å². The van der Waals surface area contributed by atoms with Crippen LogP contribution < -0.4 is 10.1 Å². The number of nitrogens with zero attached hydrogens (tertiary/aromatic N) is 2. The average Bonchev–Trinajstić information content (AvgIpc) is 3.09. The van der Waals surface area contributed by atoms with Crippen LogP contribution in [0.25, 0.3) is 11.3 Å². The molecule has 30 heavy (non-hydrogen) atoms. The molecule has 156 valence electrons. The normalized spacial score (nSPS) is 11.6. The summed E-state index contributed by atoms with van der Waals surface area (Å²) in [6, 6.07) is 10.2. The van der Waals surface area contributed by atoms with E-state index in [-0.39, 0.29) is 5.56 Å². The molecule has 0 aliphatic heterocycles. The summed E-state index contributed by atoms with van der Waals surface area (Å²) < 4.78 is 24.7. The Hall–Kier alpha value is -2.46. The zero-order valence-corrected chi connectivity index (χ0v) is 19.0. The van der Waals surface area contributed by atoms with E-state index in [1.165, 1.54) is 17.6 Å². The Labute approximate surface area is 187 Å². The third-order valence-corrected chi connectivity index (χ3v) is 5.50. The van der Waals surface area contributed by atoms with Gasteiger partial charge in [-0.3, -0.25) is 10.2 Å². The van der Waals surface area contributed by atoms with Crippen LogP contribution in [0.4, 0.5) is 5.13 Å². The number of hydrogen-bond acceptors (Lipinski definition) is 7. The van der Waals surface area contributed by atoms with E-state index in [4.69, 9.17) is 23.2 Å². The molecule has 7 nitrogen and oxygen atoms in total. The maximum atomic E-state index is 12.3. The van der Waals surface area contributed by atoms with Crippen LogP contribution in [-0.2, 0) is 10.0 Å². The number of halogens is 2. The van der Waals surface area contributed by atoms with Gasteiger partial charge in [-0.25, -0.2) is 18.1 Å². The number of aromatic nitrogens is 1. The van der Waals surface area contributed by atoms with Crippen molar-refractivity contribution in [3.63, 3.8) is 0 Å². The zero-order valence-electron chi connectivity index (χ0n) is 15.8. The molecular weight excluding hydrogens is 467 g/mol. The third kappa shape index (κ3) is 6.02. The van der Waals surface area contributed by atoms with Crippen LogP contribution >= 0.6 is 34.5 Å². The molecule has 0 atom stereocenters. The highest BCUT2D eigenvalue weighted by Crippen LogP contribution is 2.29. The quantitative estimate of drug-likeness (QED) is 0.396. The van der Waals surface area contributed by atoms with Crippen molar-refractivity contribution >= 4 is 61.8 Å². The predicted molar refractivity (Wildman–Crippen MR) is 122 cm³/mol.